The molecule has 2 aromatic heterocycles. The van der Waals surface area contributed by atoms with Gasteiger partial charge in [0.2, 0.25) is 0 Å². The number of hydrogen-bond donors (Lipinski definition) is 2. The highest BCUT2D eigenvalue weighted by molar-refractivity contribution is 5.42. The lowest BCUT2D eigenvalue weighted by molar-refractivity contribution is 0.182. The number of nitrogens with zero attached hydrogens (tertiary/aromatic N) is 3. The molecule has 2 heterocycles. The fourth-order valence-electron chi connectivity index (χ4n) is 1.58. The standard InChI is InChI=1S/C10H14N4O/c1-6-3-10-13-8(9(15)4-11)5-14(10)7(2)12-6/h3,5,9,15H,4,11H2,1-2H3. The Morgan fingerprint density at radius 3 is 2.87 bits per heavy atom. The lowest BCUT2D eigenvalue weighted by atomic mass is 10.3. The van der Waals surface area contributed by atoms with E-state index in [1.54, 1.807) is 6.20 Å². The van der Waals surface area contributed by atoms with E-state index in [-0.39, 0.29) is 6.54 Å². The van der Waals surface area contributed by atoms with Gasteiger partial charge in [0.1, 0.15) is 17.6 Å². The van der Waals surface area contributed by atoms with Crippen LogP contribution in [0.1, 0.15) is 23.3 Å². The predicted octanol–water partition coefficient (Wildman–Crippen LogP) is 0.338. The van der Waals surface area contributed by atoms with Crippen molar-refractivity contribution < 1.29 is 5.11 Å². The second kappa shape index (κ2) is 3.60. The van der Waals surface area contributed by atoms with Crippen LogP contribution in [0.15, 0.2) is 12.3 Å². The van der Waals surface area contributed by atoms with Gasteiger partial charge in [-0.2, -0.15) is 0 Å². The van der Waals surface area contributed by atoms with E-state index in [1.165, 1.54) is 0 Å². The lowest BCUT2D eigenvalue weighted by Crippen LogP contribution is -2.11. The van der Waals surface area contributed by atoms with Gasteiger partial charge >= 0.3 is 0 Å². The van der Waals surface area contributed by atoms with Crippen LogP contribution in [0, 0.1) is 13.8 Å². The van der Waals surface area contributed by atoms with Crippen LogP contribution in [-0.2, 0) is 0 Å². The number of nitrogens with two attached hydrogens (primary N) is 1. The number of imidazole rings is 1. The normalized spacial score (nSPS) is 13.3. The summed E-state index contributed by atoms with van der Waals surface area (Å²) < 4.78 is 1.85. The van der Waals surface area contributed by atoms with Crippen molar-refractivity contribution >= 4 is 5.65 Å². The summed E-state index contributed by atoms with van der Waals surface area (Å²) in [5.41, 5.74) is 7.68. The van der Waals surface area contributed by atoms with Gasteiger partial charge < -0.3 is 10.8 Å². The van der Waals surface area contributed by atoms with Crippen molar-refractivity contribution in [3.63, 3.8) is 0 Å². The fraction of sp³-hybridized carbons (Fsp3) is 0.400. The molecular formula is C10H14N4O. The maximum absolute atomic E-state index is 9.57. The first kappa shape index (κ1) is 10.1. The summed E-state index contributed by atoms with van der Waals surface area (Å²) in [6, 6.07) is 1.87. The van der Waals surface area contributed by atoms with E-state index in [4.69, 9.17) is 5.73 Å². The molecule has 1 atom stereocenters. The number of aliphatic hydroxyl groups is 1. The van der Waals surface area contributed by atoms with Crippen LogP contribution in [-0.4, -0.2) is 26.0 Å². The third-order valence-electron chi connectivity index (χ3n) is 2.34. The summed E-state index contributed by atoms with van der Waals surface area (Å²) in [5.74, 6) is 0.855. The molecule has 0 saturated carbocycles. The van der Waals surface area contributed by atoms with Crippen LogP contribution < -0.4 is 5.73 Å². The van der Waals surface area contributed by atoms with Gasteiger partial charge in [0, 0.05) is 24.5 Å². The zero-order chi connectivity index (χ0) is 11.0. The van der Waals surface area contributed by atoms with Crippen molar-refractivity contribution in [1.29, 1.82) is 0 Å². The minimum atomic E-state index is -0.704. The molecule has 0 aromatic carbocycles. The van der Waals surface area contributed by atoms with Crippen LogP contribution in [0.4, 0.5) is 0 Å². The first-order valence-corrected chi connectivity index (χ1v) is 4.83. The highest BCUT2D eigenvalue weighted by Crippen LogP contribution is 2.14. The molecule has 15 heavy (non-hydrogen) atoms. The van der Waals surface area contributed by atoms with Crippen LogP contribution in [0.5, 0.6) is 0 Å². The molecule has 3 N–H and O–H groups in total. The second-order valence-corrected chi connectivity index (χ2v) is 3.59. The smallest absolute Gasteiger partial charge is 0.140 e. The monoisotopic (exact) mass is 206 g/mol. The highest BCUT2D eigenvalue weighted by Gasteiger charge is 2.11. The van der Waals surface area contributed by atoms with Crippen molar-refractivity contribution in [1.82, 2.24) is 14.4 Å². The predicted molar refractivity (Wildman–Crippen MR) is 56.5 cm³/mol. The number of fused-ring (bicyclic) bond motifs is 1. The van der Waals surface area contributed by atoms with Crippen LogP contribution in [0.2, 0.25) is 0 Å². The van der Waals surface area contributed by atoms with E-state index in [2.05, 4.69) is 9.97 Å². The number of aliphatic hydroxyl groups excluding tert-OH is 1. The molecule has 0 amide bonds. The molecule has 0 radical (unpaired) electrons. The summed E-state index contributed by atoms with van der Waals surface area (Å²) in [6.07, 6.45) is 1.07. The molecule has 0 aliphatic carbocycles. The summed E-state index contributed by atoms with van der Waals surface area (Å²) in [7, 11) is 0. The van der Waals surface area contributed by atoms with E-state index in [0.717, 1.165) is 17.2 Å². The Morgan fingerprint density at radius 2 is 2.20 bits per heavy atom. The van der Waals surface area contributed by atoms with Crippen LogP contribution >= 0.6 is 0 Å². The summed E-state index contributed by atoms with van der Waals surface area (Å²) >= 11 is 0. The van der Waals surface area contributed by atoms with Crippen molar-refractivity contribution in [2.75, 3.05) is 6.54 Å². The zero-order valence-corrected chi connectivity index (χ0v) is 8.81. The van der Waals surface area contributed by atoms with E-state index in [0.29, 0.717) is 5.69 Å². The van der Waals surface area contributed by atoms with Gasteiger partial charge in [-0.05, 0) is 13.8 Å². The molecule has 0 aliphatic rings. The SMILES string of the molecule is Cc1cc2nc(C(O)CN)cn2c(C)n1. The van der Waals surface area contributed by atoms with Crippen molar-refractivity contribution in [2.24, 2.45) is 5.73 Å². The van der Waals surface area contributed by atoms with Crippen LogP contribution in [0.25, 0.3) is 5.65 Å². The average Bonchev–Trinajstić information content (AvgIpc) is 2.60. The summed E-state index contributed by atoms with van der Waals surface area (Å²) in [4.78, 5) is 8.61. The minimum Gasteiger partial charge on any atom is -0.385 e. The third kappa shape index (κ3) is 1.71. The van der Waals surface area contributed by atoms with Crippen molar-refractivity contribution in [3.05, 3.63) is 29.5 Å². The van der Waals surface area contributed by atoms with Crippen LogP contribution in [0.3, 0.4) is 0 Å². The van der Waals surface area contributed by atoms with E-state index in [9.17, 15) is 5.11 Å². The average molecular weight is 206 g/mol. The zero-order valence-electron chi connectivity index (χ0n) is 8.81. The van der Waals surface area contributed by atoms with Gasteiger partial charge in [0.05, 0.1) is 5.69 Å². The Kier molecular flexibility index (Phi) is 2.42. The summed E-state index contributed by atoms with van der Waals surface area (Å²) in [6.45, 7) is 4.00. The van der Waals surface area contributed by atoms with Gasteiger partial charge in [0.15, 0.2) is 0 Å². The number of aromatic nitrogens is 3. The molecule has 2 rings (SSSR count). The van der Waals surface area contributed by atoms with E-state index in [1.807, 2.05) is 24.3 Å². The number of hydrogen-bond acceptors (Lipinski definition) is 4. The minimum absolute atomic E-state index is 0.176. The lowest BCUT2D eigenvalue weighted by Gasteiger charge is -2.00. The van der Waals surface area contributed by atoms with Gasteiger partial charge in [0.25, 0.3) is 0 Å². The third-order valence-corrected chi connectivity index (χ3v) is 2.34. The first-order valence-electron chi connectivity index (χ1n) is 4.83. The molecule has 0 bridgehead atoms. The summed E-state index contributed by atoms with van der Waals surface area (Å²) in [5, 5.41) is 9.57. The molecule has 1 unspecified atom stereocenters. The largest absolute Gasteiger partial charge is 0.385 e. The Balaban J connectivity index is 2.60. The maximum atomic E-state index is 9.57. The van der Waals surface area contributed by atoms with Gasteiger partial charge in [-0.15, -0.1) is 0 Å². The molecule has 0 spiro atoms. The Labute approximate surface area is 87.6 Å². The molecule has 80 valence electrons. The maximum Gasteiger partial charge on any atom is 0.140 e. The highest BCUT2D eigenvalue weighted by atomic mass is 16.3. The molecular weight excluding hydrogens is 192 g/mol. The molecule has 0 fully saturated rings. The van der Waals surface area contributed by atoms with E-state index < -0.39 is 6.10 Å². The molecule has 0 aliphatic heterocycles. The molecule has 2 aromatic rings. The molecule has 0 saturated heterocycles. The van der Waals surface area contributed by atoms with Crippen molar-refractivity contribution in [2.45, 2.75) is 20.0 Å². The Hall–Kier alpha value is -1.46. The number of aryl methyl sites for hydroxylation is 2. The Morgan fingerprint density at radius 1 is 1.47 bits per heavy atom. The number of rotatable bonds is 2. The topological polar surface area (TPSA) is 76.4 Å². The molecule has 5 nitrogen and oxygen atoms in total. The van der Waals surface area contributed by atoms with Gasteiger partial charge in [-0.1, -0.05) is 0 Å². The Bertz CT molecular complexity index is 491. The van der Waals surface area contributed by atoms with Crippen molar-refractivity contribution in [3.8, 4) is 0 Å². The fourth-order valence-corrected chi connectivity index (χ4v) is 1.58. The quantitative estimate of drug-likeness (QED) is 0.742. The second-order valence-electron chi connectivity index (χ2n) is 3.59. The molecule has 5 heteroatoms. The van der Waals surface area contributed by atoms with E-state index >= 15 is 0 Å². The first-order chi connectivity index (χ1) is 7.11. The van der Waals surface area contributed by atoms with Gasteiger partial charge in [-0.25, -0.2) is 9.97 Å². The van der Waals surface area contributed by atoms with Gasteiger partial charge in [-0.3, -0.25) is 4.40 Å².